The molecule has 0 bridgehead atoms. The Morgan fingerprint density at radius 2 is 2.03 bits per heavy atom. The lowest BCUT2D eigenvalue weighted by Crippen LogP contribution is -2.44. The lowest BCUT2D eigenvalue weighted by atomic mass is 10.0. The number of carbonyl (C=O) groups excluding carboxylic acids is 1. The maximum atomic E-state index is 13.4. The van der Waals surface area contributed by atoms with Crippen LogP contribution in [0.1, 0.15) is 34.3 Å². The molecule has 1 amide bonds. The highest BCUT2D eigenvalue weighted by molar-refractivity contribution is 5.98. The van der Waals surface area contributed by atoms with Gasteiger partial charge in [0.1, 0.15) is 23.4 Å². The molecule has 3 aromatic rings. The molecule has 1 atom stereocenters. The summed E-state index contributed by atoms with van der Waals surface area (Å²) in [5.74, 6) is 0.465. The van der Waals surface area contributed by atoms with Crippen molar-refractivity contribution in [2.24, 2.45) is 0 Å². The summed E-state index contributed by atoms with van der Waals surface area (Å²) in [6.07, 6.45) is 5.98. The Hall–Kier alpha value is -3.93. The van der Waals surface area contributed by atoms with E-state index in [2.05, 4.69) is 21.3 Å². The Morgan fingerprint density at radius 3 is 2.77 bits per heavy atom. The van der Waals surface area contributed by atoms with Crippen LogP contribution in [0.2, 0.25) is 0 Å². The Bertz CT molecular complexity index is 1120. The van der Waals surface area contributed by atoms with Crippen molar-refractivity contribution in [1.82, 2.24) is 24.9 Å². The van der Waals surface area contributed by atoms with E-state index < -0.39 is 0 Å². The molecule has 0 unspecified atom stereocenters. The summed E-state index contributed by atoms with van der Waals surface area (Å²) in [5.41, 5.74) is 2.48. The van der Waals surface area contributed by atoms with Gasteiger partial charge in [0.25, 0.3) is 11.8 Å². The van der Waals surface area contributed by atoms with Gasteiger partial charge in [-0.15, -0.1) is 0 Å². The van der Waals surface area contributed by atoms with Gasteiger partial charge in [0.05, 0.1) is 31.6 Å². The normalized spacial score (nSPS) is 15.9. The van der Waals surface area contributed by atoms with Crippen LogP contribution in [0.15, 0.2) is 42.9 Å². The number of aryl methyl sites for hydroxylation is 1. The third kappa shape index (κ3) is 4.05. The van der Waals surface area contributed by atoms with Crippen LogP contribution in [0.4, 0.5) is 0 Å². The number of hydrogen-bond acceptors (Lipinski definition) is 7. The van der Waals surface area contributed by atoms with E-state index in [9.17, 15) is 10.1 Å². The fraction of sp³-hybridized carbons (Fsp3) is 0.318. The molecule has 2 aromatic heterocycles. The number of piperidine rings is 1. The molecule has 1 aromatic carbocycles. The molecule has 9 heteroatoms. The quantitative estimate of drug-likeness (QED) is 0.627. The summed E-state index contributed by atoms with van der Waals surface area (Å²) < 4.78 is 11.4. The number of carbonyl (C=O) groups is 1. The number of likely N-dealkylation sites (tertiary alicyclic amines) is 1. The molecular formula is C22H22N6O3. The third-order valence-electron chi connectivity index (χ3n) is 5.23. The van der Waals surface area contributed by atoms with Crippen molar-refractivity contribution >= 4 is 5.91 Å². The van der Waals surface area contributed by atoms with Crippen LogP contribution in [0.3, 0.4) is 0 Å². The van der Waals surface area contributed by atoms with Crippen LogP contribution >= 0.6 is 0 Å². The van der Waals surface area contributed by atoms with Crippen molar-refractivity contribution in [2.45, 2.75) is 25.9 Å². The SMILES string of the molecule is COc1c(C#N)ccnc1O[C@@H]1CCCN(C(=O)c2cccc(C)c2-n2nccn2)C1. The number of para-hydroxylation sites is 1. The van der Waals surface area contributed by atoms with Gasteiger partial charge in [-0.25, -0.2) is 4.98 Å². The van der Waals surface area contributed by atoms with Gasteiger partial charge >= 0.3 is 0 Å². The lowest BCUT2D eigenvalue weighted by molar-refractivity contribution is 0.0520. The second kappa shape index (κ2) is 8.83. The van der Waals surface area contributed by atoms with Crippen LogP contribution in [0, 0.1) is 18.3 Å². The van der Waals surface area contributed by atoms with E-state index in [0.29, 0.717) is 35.7 Å². The summed E-state index contributed by atoms with van der Waals surface area (Å²) in [6, 6.07) is 9.22. The molecule has 9 nitrogen and oxygen atoms in total. The van der Waals surface area contributed by atoms with E-state index in [1.807, 2.05) is 19.1 Å². The maximum absolute atomic E-state index is 13.4. The first-order valence-electron chi connectivity index (χ1n) is 9.97. The average molecular weight is 418 g/mol. The van der Waals surface area contributed by atoms with Gasteiger partial charge in [-0.05, 0) is 37.5 Å². The van der Waals surface area contributed by atoms with Crippen LogP contribution in [0.5, 0.6) is 11.6 Å². The second-order valence-electron chi connectivity index (χ2n) is 7.23. The highest BCUT2D eigenvalue weighted by atomic mass is 16.5. The van der Waals surface area contributed by atoms with Crippen LogP contribution in [0.25, 0.3) is 5.69 Å². The Kier molecular flexibility index (Phi) is 5.80. The number of hydrogen-bond donors (Lipinski definition) is 0. The van der Waals surface area contributed by atoms with E-state index in [1.54, 1.807) is 29.4 Å². The van der Waals surface area contributed by atoms with Crippen molar-refractivity contribution in [3.63, 3.8) is 0 Å². The number of methoxy groups -OCH3 is 1. The molecule has 0 radical (unpaired) electrons. The van der Waals surface area contributed by atoms with Crippen LogP contribution in [-0.4, -0.2) is 57.1 Å². The van der Waals surface area contributed by atoms with Crippen molar-refractivity contribution in [1.29, 1.82) is 5.26 Å². The van der Waals surface area contributed by atoms with Gasteiger partial charge in [-0.3, -0.25) is 4.79 Å². The monoisotopic (exact) mass is 418 g/mol. The minimum atomic E-state index is -0.260. The number of aromatic nitrogens is 4. The minimum absolute atomic E-state index is 0.102. The zero-order valence-electron chi connectivity index (χ0n) is 17.4. The number of nitriles is 1. The topological polar surface area (TPSA) is 106 Å². The largest absolute Gasteiger partial charge is 0.490 e. The van der Waals surface area contributed by atoms with Crippen LogP contribution < -0.4 is 9.47 Å². The highest BCUT2D eigenvalue weighted by Crippen LogP contribution is 2.30. The molecule has 0 aliphatic carbocycles. The molecule has 4 rings (SSSR count). The predicted octanol–water partition coefficient (Wildman–Crippen LogP) is 2.53. The van der Waals surface area contributed by atoms with E-state index in [0.717, 1.165) is 18.4 Å². The van der Waals surface area contributed by atoms with Crippen molar-refractivity contribution < 1.29 is 14.3 Å². The molecule has 1 aliphatic rings. The average Bonchev–Trinajstić information content (AvgIpc) is 3.32. The van der Waals surface area contributed by atoms with E-state index in [-0.39, 0.29) is 17.9 Å². The molecule has 1 saturated heterocycles. The van der Waals surface area contributed by atoms with Crippen molar-refractivity contribution in [3.05, 3.63) is 59.5 Å². The highest BCUT2D eigenvalue weighted by Gasteiger charge is 2.29. The molecular weight excluding hydrogens is 396 g/mol. The maximum Gasteiger partial charge on any atom is 0.258 e. The Morgan fingerprint density at radius 1 is 1.23 bits per heavy atom. The second-order valence-corrected chi connectivity index (χ2v) is 7.23. The van der Waals surface area contributed by atoms with Crippen molar-refractivity contribution in [2.75, 3.05) is 20.2 Å². The fourth-order valence-corrected chi connectivity index (χ4v) is 3.77. The first-order valence-corrected chi connectivity index (χ1v) is 9.97. The van der Waals surface area contributed by atoms with E-state index >= 15 is 0 Å². The smallest absolute Gasteiger partial charge is 0.258 e. The number of pyridine rings is 1. The molecule has 31 heavy (non-hydrogen) atoms. The van der Waals surface area contributed by atoms with Gasteiger partial charge < -0.3 is 14.4 Å². The van der Waals surface area contributed by atoms with Gasteiger partial charge in [0, 0.05) is 12.7 Å². The predicted molar refractivity (Wildman–Crippen MR) is 111 cm³/mol. The zero-order chi connectivity index (χ0) is 21.8. The number of benzene rings is 1. The Balaban J connectivity index is 1.56. The summed E-state index contributed by atoms with van der Waals surface area (Å²) >= 11 is 0. The first kappa shape index (κ1) is 20.3. The Labute approximate surface area is 179 Å². The van der Waals surface area contributed by atoms with Gasteiger partial charge in [-0.1, -0.05) is 12.1 Å². The summed E-state index contributed by atoms with van der Waals surface area (Å²) in [7, 11) is 1.48. The van der Waals surface area contributed by atoms with Gasteiger partial charge in [0.2, 0.25) is 0 Å². The molecule has 3 heterocycles. The van der Waals surface area contributed by atoms with Crippen molar-refractivity contribution in [3.8, 4) is 23.4 Å². The minimum Gasteiger partial charge on any atom is -0.490 e. The standard InChI is InChI=1S/C22H22N6O3/c1-15-5-3-7-18(19(15)28-25-10-11-26-28)22(29)27-12-4-6-17(14-27)31-21-20(30-2)16(13-23)8-9-24-21/h3,5,7-11,17H,4,6,12,14H2,1-2H3/t17-/m1/s1. The number of amides is 1. The first-order chi connectivity index (χ1) is 15.1. The molecule has 0 spiro atoms. The fourth-order valence-electron chi connectivity index (χ4n) is 3.77. The van der Waals surface area contributed by atoms with Gasteiger partial charge in [0.15, 0.2) is 5.75 Å². The molecule has 0 N–H and O–H groups in total. The zero-order valence-corrected chi connectivity index (χ0v) is 17.4. The van der Waals surface area contributed by atoms with E-state index in [4.69, 9.17) is 9.47 Å². The molecule has 0 saturated carbocycles. The molecule has 1 aliphatic heterocycles. The third-order valence-corrected chi connectivity index (χ3v) is 5.23. The number of nitrogens with zero attached hydrogens (tertiary/aromatic N) is 6. The molecule has 158 valence electrons. The van der Waals surface area contributed by atoms with Gasteiger partial charge in [-0.2, -0.15) is 20.3 Å². The summed E-state index contributed by atoms with van der Waals surface area (Å²) in [5, 5.41) is 17.7. The summed E-state index contributed by atoms with van der Waals surface area (Å²) in [6.45, 7) is 2.96. The number of rotatable bonds is 5. The summed E-state index contributed by atoms with van der Waals surface area (Å²) in [4.78, 5) is 20.9. The molecule has 1 fully saturated rings. The van der Waals surface area contributed by atoms with Crippen LogP contribution in [-0.2, 0) is 0 Å². The number of ether oxygens (including phenoxy) is 2. The van der Waals surface area contributed by atoms with E-state index in [1.165, 1.54) is 18.1 Å². The lowest BCUT2D eigenvalue weighted by Gasteiger charge is -2.33.